The van der Waals surface area contributed by atoms with Crippen molar-refractivity contribution < 1.29 is 4.74 Å². The maximum atomic E-state index is 11.9. The Morgan fingerprint density at radius 1 is 1.03 bits per heavy atom. The van der Waals surface area contributed by atoms with Crippen LogP contribution < -0.4 is 26.2 Å². The first-order valence-electron chi connectivity index (χ1n) is 9.55. The number of anilines is 2. The molecule has 0 atom stereocenters. The van der Waals surface area contributed by atoms with Gasteiger partial charge in [-0.2, -0.15) is 23.5 Å². The highest BCUT2D eigenvalue weighted by Gasteiger charge is 2.19. The van der Waals surface area contributed by atoms with Gasteiger partial charge >= 0.3 is 0 Å². The SMILES string of the molecule is COc1cccnc1CSCCNc1c(NCCSCc2[nH]cnc2C)c(=O)c1=O. The van der Waals surface area contributed by atoms with Crippen LogP contribution in [0, 0.1) is 6.92 Å². The van der Waals surface area contributed by atoms with Crippen LogP contribution in [0.4, 0.5) is 11.4 Å². The molecule has 0 fully saturated rings. The molecular formula is C20H25N5O3S2. The minimum atomic E-state index is -0.449. The van der Waals surface area contributed by atoms with E-state index in [9.17, 15) is 9.59 Å². The van der Waals surface area contributed by atoms with Gasteiger partial charge in [0.1, 0.15) is 17.1 Å². The third-order valence-electron chi connectivity index (χ3n) is 4.49. The van der Waals surface area contributed by atoms with E-state index >= 15 is 0 Å². The first kappa shape index (κ1) is 22.2. The molecule has 3 N–H and O–H groups in total. The van der Waals surface area contributed by atoms with Crippen molar-refractivity contribution in [1.29, 1.82) is 0 Å². The van der Waals surface area contributed by atoms with Gasteiger partial charge in [-0.3, -0.25) is 14.6 Å². The van der Waals surface area contributed by atoms with Crippen molar-refractivity contribution in [1.82, 2.24) is 15.0 Å². The lowest BCUT2D eigenvalue weighted by atomic mass is 10.2. The number of hydrogen-bond donors (Lipinski definition) is 3. The number of ether oxygens (including phenoxy) is 1. The maximum absolute atomic E-state index is 11.9. The zero-order chi connectivity index (χ0) is 21.3. The van der Waals surface area contributed by atoms with Crippen LogP contribution in [0.2, 0.25) is 0 Å². The van der Waals surface area contributed by atoms with Crippen molar-refractivity contribution in [3.63, 3.8) is 0 Å². The Hall–Kier alpha value is -2.46. The fourth-order valence-corrected chi connectivity index (χ4v) is 4.51. The summed E-state index contributed by atoms with van der Waals surface area (Å²) in [5.41, 5.74) is 2.90. The first-order valence-corrected chi connectivity index (χ1v) is 11.9. The van der Waals surface area contributed by atoms with E-state index < -0.39 is 10.9 Å². The average Bonchev–Trinajstić information content (AvgIpc) is 3.18. The summed E-state index contributed by atoms with van der Waals surface area (Å²) in [6.45, 7) is 3.18. The predicted molar refractivity (Wildman–Crippen MR) is 125 cm³/mol. The summed E-state index contributed by atoms with van der Waals surface area (Å²) < 4.78 is 5.29. The van der Waals surface area contributed by atoms with E-state index in [0.717, 1.165) is 45.8 Å². The number of nitrogens with one attached hydrogen (secondary N) is 3. The van der Waals surface area contributed by atoms with E-state index in [2.05, 4.69) is 25.6 Å². The number of imidazole rings is 1. The van der Waals surface area contributed by atoms with Crippen LogP contribution in [0.3, 0.4) is 0 Å². The molecule has 160 valence electrons. The van der Waals surface area contributed by atoms with E-state index in [4.69, 9.17) is 4.74 Å². The van der Waals surface area contributed by atoms with Gasteiger partial charge in [0.05, 0.1) is 24.8 Å². The molecule has 0 aliphatic rings. The number of methoxy groups -OCH3 is 1. The Kier molecular flexibility index (Phi) is 8.21. The Labute approximate surface area is 183 Å². The van der Waals surface area contributed by atoms with Crippen molar-refractivity contribution in [3.8, 4) is 5.75 Å². The van der Waals surface area contributed by atoms with E-state index in [0.29, 0.717) is 24.5 Å². The summed E-state index contributed by atoms with van der Waals surface area (Å²) >= 11 is 3.42. The average molecular weight is 448 g/mol. The summed E-state index contributed by atoms with van der Waals surface area (Å²) in [6, 6.07) is 3.72. The molecule has 3 rings (SSSR count). The molecule has 8 nitrogen and oxygen atoms in total. The second kappa shape index (κ2) is 11.1. The molecule has 1 aromatic carbocycles. The summed E-state index contributed by atoms with van der Waals surface area (Å²) in [7, 11) is 1.63. The van der Waals surface area contributed by atoms with Gasteiger partial charge in [0.25, 0.3) is 10.9 Å². The molecule has 10 heteroatoms. The highest BCUT2D eigenvalue weighted by atomic mass is 32.2. The highest BCUT2D eigenvalue weighted by Crippen LogP contribution is 2.21. The Balaban J connectivity index is 1.36. The van der Waals surface area contributed by atoms with Crippen LogP contribution in [0.15, 0.2) is 34.2 Å². The molecule has 0 radical (unpaired) electrons. The normalized spacial score (nSPS) is 11.0. The van der Waals surface area contributed by atoms with Crippen LogP contribution in [0.25, 0.3) is 0 Å². The second-order valence-corrected chi connectivity index (χ2v) is 8.70. The van der Waals surface area contributed by atoms with E-state index in [1.54, 1.807) is 43.2 Å². The van der Waals surface area contributed by atoms with Gasteiger partial charge in [-0.15, -0.1) is 0 Å². The number of thioether (sulfide) groups is 2. The first-order chi connectivity index (χ1) is 14.6. The third-order valence-corrected chi connectivity index (χ3v) is 6.45. The number of nitrogens with zero attached hydrogens (tertiary/aromatic N) is 2. The van der Waals surface area contributed by atoms with Crippen LogP contribution in [0.1, 0.15) is 17.1 Å². The molecule has 0 unspecified atom stereocenters. The molecule has 0 bridgehead atoms. The van der Waals surface area contributed by atoms with Crippen molar-refractivity contribution in [3.05, 3.63) is 62.2 Å². The van der Waals surface area contributed by atoms with Gasteiger partial charge in [0.15, 0.2) is 0 Å². The van der Waals surface area contributed by atoms with Gasteiger partial charge in [-0.1, -0.05) is 0 Å². The lowest BCUT2D eigenvalue weighted by Gasteiger charge is -2.14. The second-order valence-electron chi connectivity index (χ2n) is 6.49. The van der Waals surface area contributed by atoms with Gasteiger partial charge in [0.2, 0.25) is 0 Å². The van der Waals surface area contributed by atoms with Crippen molar-refractivity contribution >= 4 is 34.9 Å². The number of aromatic nitrogens is 3. The predicted octanol–water partition coefficient (Wildman–Crippen LogP) is 2.41. The van der Waals surface area contributed by atoms with Gasteiger partial charge in [-0.05, 0) is 19.1 Å². The van der Waals surface area contributed by atoms with E-state index in [-0.39, 0.29) is 0 Å². The molecule has 30 heavy (non-hydrogen) atoms. The zero-order valence-corrected chi connectivity index (χ0v) is 18.6. The minimum absolute atomic E-state index is 0.394. The highest BCUT2D eigenvalue weighted by molar-refractivity contribution is 7.98. The molecule has 0 aliphatic heterocycles. The Bertz CT molecular complexity index is 1030. The van der Waals surface area contributed by atoms with Crippen LogP contribution in [0.5, 0.6) is 5.75 Å². The molecule has 0 saturated carbocycles. The quantitative estimate of drug-likeness (QED) is 0.269. The van der Waals surface area contributed by atoms with Crippen molar-refractivity contribution in [2.75, 3.05) is 42.3 Å². The molecule has 2 aromatic heterocycles. The molecule has 2 heterocycles. The minimum Gasteiger partial charge on any atom is -0.495 e. The van der Waals surface area contributed by atoms with E-state index in [1.807, 2.05) is 19.1 Å². The lowest BCUT2D eigenvalue weighted by Crippen LogP contribution is -2.38. The van der Waals surface area contributed by atoms with Gasteiger partial charge in [-0.25, -0.2) is 4.98 Å². The van der Waals surface area contributed by atoms with Crippen molar-refractivity contribution in [2.45, 2.75) is 18.4 Å². The lowest BCUT2D eigenvalue weighted by molar-refractivity contribution is 0.409. The zero-order valence-electron chi connectivity index (χ0n) is 17.0. The fraction of sp³-hybridized carbons (Fsp3) is 0.400. The number of pyridine rings is 1. The smallest absolute Gasteiger partial charge is 0.253 e. The number of aryl methyl sites for hydroxylation is 1. The summed E-state index contributed by atoms with van der Waals surface area (Å²) in [5, 5.41) is 6.18. The number of rotatable bonds is 13. The van der Waals surface area contributed by atoms with Crippen LogP contribution in [-0.2, 0) is 11.5 Å². The van der Waals surface area contributed by atoms with E-state index in [1.165, 1.54) is 0 Å². The maximum Gasteiger partial charge on any atom is 0.253 e. The van der Waals surface area contributed by atoms with Gasteiger partial charge in [0, 0.05) is 48.0 Å². The topological polar surface area (TPSA) is 109 Å². The molecular weight excluding hydrogens is 422 g/mol. The summed E-state index contributed by atoms with van der Waals surface area (Å²) in [4.78, 5) is 35.3. The fourth-order valence-electron chi connectivity index (χ4n) is 2.82. The molecule has 3 aromatic rings. The number of hydrogen-bond acceptors (Lipinski definition) is 9. The Morgan fingerprint density at radius 3 is 2.30 bits per heavy atom. The molecule has 0 aliphatic carbocycles. The van der Waals surface area contributed by atoms with Crippen LogP contribution in [-0.4, -0.2) is 46.7 Å². The monoisotopic (exact) mass is 447 g/mol. The standard InChI is InChI=1S/C20H25N5O3S2/c1-13-14(25-12-24-13)10-29-8-6-22-17-18(20(27)19(17)26)23-7-9-30-11-15-16(28-2)4-3-5-21-15/h3-5,12,22-23H,6-11H2,1-2H3,(H,24,25). The van der Waals surface area contributed by atoms with Gasteiger partial charge < -0.3 is 20.4 Å². The van der Waals surface area contributed by atoms with Crippen molar-refractivity contribution in [2.24, 2.45) is 0 Å². The third kappa shape index (κ3) is 5.57. The molecule has 0 amide bonds. The Morgan fingerprint density at radius 2 is 1.70 bits per heavy atom. The summed E-state index contributed by atoms with van der Waals surface area (Å²) in [6.07, 6.45) is 3.43. The molecule has 0 saturated heterocycles. The van der Waals surface area contributed by atoms with Crippen LogP contribution >= 0.6 is 23.5 Å². The number of H-pyrrole nitrogens is 1. The number of aromatic amines is 1. The molecule has 0 spiro atoms. The summed E-state index contributed by atoms with van der Waals surface area (Å²) in [5.74, 6) is 3.92. The largest absolute Gasteiger partial charge is 0.495 e.